The van der Waals surface area contributed by atoms with Crippen LogP contribution in [0.15, 0.2) is 48.9 Å². The molecule has 9 nitrogen and oxygen atoms in total. The number of imide groups is 1. The molecule has 170 valence electrons. The van der Waals surface area contributed by atoms with Gasteiger partial charge in [-0.1, -0.05) is 18.2 Å². The summed E-state index contributed by atoms with van der Waals surface area (Å²) < 4.78 is 3.83. The minimum atomic E-state index is -0.628. The molecule has 34 heavy (non-hydrogen) atoms. The van der Waals surface area contributed by atoms with Gasteiger partial charge in [-0.25, -0.2) is 4.98 Å². The predicted molar refractivity (Wildman–Crippen MR) is 124 cm³/mol. The van der Waals surface area contributed by atoms with Crippen LogP contribution in [0.5, 0.6) is 0 Å². The summed E-state index contributed by atoms with van der Waals surface area (Å²) in [4.78, 5) is 43.1. The van der Waals surface area contributed by atoms with Crippen molar-refractivity contribution >= 4 is 28.6 Å². The van der Waals surface area contributed by atoms with Crippen LogP contribution < -0.4 is 5.32 Å². The summed E-state index contributed by atoms with van der Waals surface area (Å²) in [5.41, 5.74) is 6.18. The van der Waals surface area contributed by atoms with Gasteiger partial charge in [-0.3, -0.25) is 24.4 Å². The molecule has 2 aliphatic rings. The molecule has 0 aliphatic carbocycles. The highest BCUT2D eigenvalue weighted by molar-refractivity contribution is 6.05. The molecule has 2 aromatic carbocycles. The first kappa shape index (κ1) is 20.3. The third kappa shape index (κ3) is 3.04. The molecule has 2 aliphatic heterocycles. The molecule has 0 spiro atoms. The standard InChI is InChI=1S/C25H22N6O3/c1-29-13-26-22(23(29)15-3-4-16-11-27-30(2)20(16)10-15)14-5-6-18-17(9-14)12-31(25(18)34)19-7-8-21(32)28-24(19)33/h3-6,9-11,13,19H,7-8,12H2,1-2H3,(H,28,32,33)/t19-/m0/s1. The van der Waals surface area contributed by atoms with Gasteiger partial charge in [0, 0.05) is 49.1 Å². The van der Waals surface area contributed by atoms with Crippen molar-refractivity contribution in [1.82, 2.24) is 29.5 Å². The van der Waals surface area contributed by atoms with Crippen molar-refractivity contribution in [3.63, 3.8) is 0 Å². The van der Waals surface area contributed by atoms with Gasteiger partial charge >= 0.3 is 0 Å². The highest BCUT2D eigenvalue weighted by Gasteiger charge is 2.39. The maximum absolute atomic E-state index is 13.0. The number of rotatable bonds is 3. The third-order valence-electron chi connectivity index (χ3n) is 6.76. The number of nitrogens with one attached hydrogen (secondary N) is 1. The summed E-state index contributed by atoms with van der Waals surface area (Å²) in [6.07, 6.45) is 4.21. The number of fused-ring (bicyclic) bond motifs is 2. The van der Waals surface area contributed by atoms with Crippen LogP contribution in [0.3, 0.4) is 0 Å². The molecule has 1 fully saturated rings. The van der Waals surface area contributed by atoms with Crippen LogP contribution in [0.4, 0.5) is 0 Å². The Kier molecular flexibility index (Phi) is 4.41. The molecule has 1 atom stereocenters. The number of carbonyl (C=O) groups excluding carboxylic acids is 3. The molecular formula is C25H22N6O3. The summed E-state index contributed by atoms with van der Waals surface area (Å²) in [6.45, 7) is 0.331. The largest absolute Gasteiger partial charge is 0.333 e. The van der Waals surface area contributed by atoms with E-state index in [4.69, 9.17) is 0 Å². The zero-order chi connectivity index (χ0) is 23.6. The van der Waals surface area contributed by atoms with Crippen LogP contribution in [-0.2, 0) is 30.2 Å². The van der Waals surface area contributed by atoms with Gasteiger partial charge in [-0.2, -0.15) is 5.10 Å². The molecule has 9 heteroatoms. The summed E-state index contributed by atoms with van der Waals surface area (Å²) in [5.74, 6) is -0.881. The number of aryl methyl sites for hydroxylation is 2. The molecule has 4 aromatic rings. The van der Waals surface area contributed by atoms with Crippen molar-refractivity contribution in [3.8, 4) is 22.5 Å². The lowest BCUT2D eigenvalue weighted by molar-refractivity contribution is -0.136. The van der Waals surface area contributed by atoms with Gasteiger partial charge in [0.2, 0.25) is 11.8 Å². The van der Waals surface area contributed by atoms with Crippen LogP contribution in [-0.4, -0.2) is 48.0 Å². The summed E-state index contributed by atoms with van der Waals surface area (Å²) >= 11 is 0. The Morgan fingerprint density at radius 3 is 2.68 bits per heavy atom. The van der Waals surface area contributed by atoms with Gasteiger partial charge < -0.3 is 9.47 Å². The topological polar surface area (TPSA) is 102 Å². The molecule has 6 rings (SSSR count). The minimum Gasteiger partial charge on any atom is -0.333 e. The number of piperidine rings is 1. The van der Waals surface area contributed by atoms with E-state index in [1.165, 1.54) is 0 Å². The molecule has 0 radical (unpaired) electrons. The average molecular weight is 454 g/mol. The summed E-state index contributed by atoms with van der Waals surface area (Å²) in [6, 6.07) is 11.3. The molecule has 0 unspecified atom stereocenters. The first-order valence-electron chi connectivity index (χ1n) is 11.1. The van der Waals surface area contributed by atoms with E-state index in [1.807, 2.05) is 53.8 Å². The Morgan fingerprint density at radius 1 is 1.03 bits per heavy atom. The Balaban J connectivity index is 1.37. The molecule has 0 saturated carbocycles. The fraction of sp³-hybridized carbons (Fsp3) is 0.240. The monoisotopic (exact) mass is 454 g/mol. The SMILES string of the molecule is Cn1cnc(-c2ccc3c(c2)CN([C@H]2CCC(=O)NC2=O)C3=O)c1-c1ccc2cnn(C)c2c1. The second kappa shape index (κ2) is 7.38. The number of aromatic nitrogens is 4. The minimum absolute atomic E-state index is 0.182. The normalized spacial score (nSPS) is 18.0. The first-order chi connectivity index (χ1) is 16.4. The van der Waals surface area contributed by atoms with E-state index in [0.29, 0.717) is 18.5 Å². The summed E-state index contributed by atoms with van der Waals surface area (Å²) in [5, 5.41) is 7.75. The van der Waals surface area contributed by atoms with E-state index in [-0.39, 0.29) is 18.2 Å². The number of benzene rings is 2. The van der Waals surface area contributed by atoms with Crippen molar-refractivity contribution in [2.45, 2.75) is 25.4 Å². The Bertz CT molecular complexity index is 1510. The quantitative estimate of drug-likeness (QED) is 0.479. The van der Waals surface area contributed by atoms with E-state index in [9.17, 15) is 14.4 Å². The lowest BCUT2D eigenvalue weighted by Gasteiger charge is -2.29. The van der Waals surface area contributed by atoms with E-state index >= 15 is 0 Å². The first-order valence-corrected chi connectivity index (χ1v) is 11.1. The molecular weight excluding hydrogens is 432 g/mol. The lowest BCUT2D eigenvalue weighted by Crippen LogP contribution is -2.52. The van der Waals surface area contributed by atoms with Gasteiger partial charge in [-0.15, -0.1) is 0 Å². The number of hydrogen-bond donors (Lipinski definition) is 1. The van der Waals surface area contributed by atoms with Gasteiger partial charge in [0.05, 0.1) is 29.4 Å². The Labute approximate surface area is 195 Å². The molecule has 0 bridgehead atoms. The van der Waals surface area contributed by atoms with Crippen LogP contribution in [0.25, 0.3) is 33.4 Å². The van der Waals surface area contributed by atoms with E-state index in [1.54, 1.807) is 11.2 Å². The number of carbonyl (C=O) groups is 3. The number of hydrogen-bond acceptors (Lipinski definition) is 5. The van der Waals surface area contributed by atoms with Crippen LogP contribution in [0.1, 0.15) is 28.8 Å². The van der Waals surface area contributed by atoms with Crippen molar-refractivity contribution in [3.05, 3.63) is 60.0 Å². The van der Waals surface area contributed by atoms with Crippen molar-refractivity contribution in [2.24, 2.45) is 14.1 Å². The Morgan fingerprint density at radius 2 is 1.85 bits per heavy atom. The smallest absolute Gasteiger partial charge is 0.255 e. The van der Waals surface area contributed by atoms with E-state index in [0.717, 1.165) is 39.0 Å². The maximum atomic E-state index is 13.0. The fourth-order valence-electron chi connectivity index (χ4n) is 5.00. The third-order valence-corrected chi connectivity index (χ3v) is 6.76. The highest BCUT2D eigenvalue weighted by Crippen LogP contribution is 2.35. The molecule has 1 saturated heterocycles. The predicted octanol–water partition coefficient (Wildman–Crippen LogP) is 2.40. The van der Waals surface area contributed by atoms with Gasteiger partial charge in [-0.05, 0) is 30.2 Å². The molecule has 1 N–H and O–H groups in total. The van der Waals surface area contributed by atoms with E-state index < -0.39 is 11.9 Å². The van der Waals surface area contributed by atoms with Crippen molar-refractivity contribution in [2.75, 3.05) is 0 Å². The van der Waals surface area contributed by atoms with Crippen LogP contribution >= 0.6 is 0 Å². The molecule has 4 heterocycles. The Hall–Kier alpha value is -4.27. The summed E-state index contributed by atoms with van der Waals surface area (Å²) in [7, 11) is 3.88. The van der Waals surface area contributed by atoms with Crippen LogP contribution in [0, 0.1) is 0 Å². The van der Waals surface area contributed by atoms with Gasteiger partial charge in [0.15, 0.2) is 0 Å². The average Bonchev–Trinajstić information content (AvgIpc) is 3.49. The molecule has 2 aromatic heterocycles. The van der Waals surface area contributed by atoms with Gasteiger partial charge in [0.1, 0.15) is 6.04 Å². The zero-order valence-corrected chi connectivity index (χ0v) is 18.8. The fourth-order valence-corrected chi connectivity index (χ4v) is 5.00. The second-order valence-electron chi connectivity index (χ2n) is 8.87. The zero-order valence-electron chi connectivity index (χ0n) is 18.8. The number of imidazole rings is 1. The van der Waals surface area contributed by atoms with Crippen molar-refractivity contribution in [1.29, 1.82) is 0 Å². The highest BCUT2D eigenvalue weighted by atomic mass is 16.2. The molecule has 3 amide bonds. The number of nitrogens with zero attached hydrogens (tertiary/aromatic N) is 5. The number of amides is 3. The van der Waals surface area contributed by atoms with E-state index in [2.05, 4.69) is 27.5 Å². The van der Waals surface area contributed by atoms with Crippen molar-refractivity contribution < 1.29 is 14.4 Å². The lowest BCUT2D eigenvalue weighted by atomic mass is 10.00. The van der Waals surface area contributed by atoms with Crippen LogP contribution in [0.2, 0.25) is 0 Å². The maximum Gasteiger partial charge on any atom is 0.255 e. The second-order valence-corrected chi connectivity index (χ2v) is 8.87. The van der Waals surface area contributed by atoms with Gasteiger partial charge in [0.25, 0.3) is 5.91 Å².